The van der Waals surface area contributed by atoms with Crippen molar-refractivity contribution in [2.24, 2.45) is 0 Å². The molecular formula is C23H21FN4OS. The second kappa shape index (κ2) is 9.45. The maximum Gasteiger partial charge on any atom is 0.327 e. The summed E-state index contributed by atoms with van der Waals surface area (Å²) in [7, 11) is 0. The molecule has 5 nitrogen and oxygen atoms in total. The normalized spacial score (nSPS) is 10.8. The van der Waals surface area contributed by atoms with Crippen LogP contribution in [0.5, 0.6) is 0 Å². The summed E-state index contributed by atoms with van der Waals surface area (Å²) in [6.45, 7) is 0.988. The molecule has 0 unspecified atom stereocenters. The number of para-hydroxylation sites is 2. The number of aromatic nitrogens is 2. The molecule has 1 heterocycles. The second-order valence-corrected chi connectivity index (χ2v) is 7.70. The van der Waals surface area contributed by atoms with Gasteiger partial charge in [-0.05, 0) is 53.9 Å². The van der Waals surface area contributed by atoms with Crippen LogP contribution in [0.3, 0.4) is 0 Å². The van der Waals surface area contributed by atoms with Crippen molar-refractivity contribution in [3.63, 3.8) is 0 Å². The Hall–Kier alpha value is -3.32. The summed E-state index contributed by atoms with van der Waals surface area (Å²) in [6, 6.07) is 23.5. The SMILES string of the molecule is O=C(NSc1ccc(F)cc1)N(CCc1nc2ccccc2[nH]1)Cc1ccccc1. The van der Waals surface area contributed by atoms with E-state index in [-0.39, 0.29) is 11.8 Å². The zero-order valence-electron chi connectivity index (χ0n) is 16.2. The average molecular weight is 421 g/mol. The molecule has 4 aromatic rings. The topological polar surface area (TPSA) is 61.0 Å². The molecule has 2 N–H and O–H groups in total. The van der Waals surface area contributed by atoms with E-state index in [0.717, 1.165) is 27.3 Å². The molecule has 0 aliphatic carbocycles. The van der Waals surface area contributed by atoms with Gasteiger partial charge in [0.05, 0.1) is 11.0 Å². The van der Waals surface area contributed by atoms with Crippen LogP contribution in [0.15, 0.2) is 83.8 Å². The lowest BCUT2D eigenvalue weighted by molar-refractivity contribution is 0.202. The number of fused-ring (bicyclic) bond motifs is 1. The van der Waals surface area contributed by atoms with E-state index < -0.39 is 0 Å². The zero-order chi connectivity index (χ0) is 20.8. The van der Waals surface area contributed by atoms with Crippen molar-refractivity contribution in [1.82, 2.24) is 19.6 Å². The van der Waals surface area contributed by atoms with Crippen molar-refractivity contribution in [1.29, 1.82) is 0 Å². The molecule has 0 saturated heterocycles. The smallest absolute Gasteiger partial charge is 0.327 e. The summed E-state index contributed by atoms with van der Waals surface area (Å²) in [5, 5.41) is 0. The van der Waals surface area contributed by atoms with Gasteiger partial charge in [0.2, 0.25) is 0 Å². The van der Waals surface area contributed by atoms with Crippen LogP contribution in [0, 0.1) is 5.82 Å². The molecule has 0 aliphatic rings. The first-order chi connectivity index (χ1) is 14.7. The number of nitrogens with zero attached hydrogens (tertiary/aromatic N) is 2. The number of benzene rings is 3. The lowest BCUT2D eigenvalue weighted by Crippen LogP contribution is -2.38. The molecule has 0 fully saturated rings. The van der Waals surface area contributed by atoms with E-state index in [2.05, 4.69) is 14.7 Å². The molecule has 2 amide bonds. The van der Waals surface area contributed by atoms with Crippen molar-refractivity contribution in [3.05, 3.63) is 96.1 Å². The van der Waals surface area contributed by atoms with Crippen LogP contribution in [-0.2, 0) is 13.0 Å². The van der Waals surface area contributed by atoms with Crippen LogP contribution in [0.1, 0.15) is 11.4 Å². The standard InChI is InChI=1S/C23H21FN4OS/c24-18-10-12-19(13-11-18)30-27-23(29)28(16-17-6-2-1-3-7-17)15-14-22-25-20-8-4-5-9-21(20)26-22/h1-13H,14-16H2,(H,25,26)(H,27,29). The molecule has 3 aromatic carbocycles. The number of halogens is 1. The number of rotatable bonds is 7. The molecule has 1 aromatic heterocycles. The van der Waals surface area contributed by atoms with Crippen molar-refractivity contribution in [2.75, 3.05) is 6.54 Å². The summed E-state index contributed by atoms with van der Waals surface area (Å²) < 4.78 is 15.9. The van der Waals surface area contributed by atoms with Crippen molar-refractivity contribution in [3.8, 4) is 0 Å². The van der Waals surface area contributed by atoms with E-state index in [0.29, 0.717) is 19.5 Å². The van der Waals surface area contributed by atoms with Crippen molar-refractivity contribution in [2.45, 2.75) is 17.9 Å². The zero-order valence-corrected chi connectivity index (χ0v) is 17.0. The third-order valence-corrected chi connectivity index (χ3v) is 5.41. The Kier molecular flexibility index (Phi) is 6.29. The molecule has 4 rings (SSSR count). The monoisotopic (exact) mass is 420 g/mol. The molecule has 152 valence electrons. The molecule has 0 radical (unpaired) electrons. The van der Waals surface area contributed by atoms with E-state index in [1.165, 1.54) is 24.1 Å². The molecule has 0 saturated carbocycles. The Bertz CT molecular complexity index is 1080. The van der Waals surface area contributed by atoms with Gasteiger partial charge in [0.25, 0.3) is 0 Å². The van der Waals surface area contributed by atoms with E-state index >= 15 is 0 Å². The molecule has 0 spiro atoms. The number of urea groups is 1. The highest BCUT2D eigenvalue weighted by Crippen LogP contribution is 2.16. The van der Waals surface area contributed by atoms with Gasteiger partial charge < -0.3 is 9.88 Å². The number of hydrogen-bond acceptors (Lipinski definition) is 3. The van der Waals surface area contributed by atoms with Gasteiger partial charge in [0.1, 0.15) is 11.6 Å². The van der Waals surface area contributed by atoms with Crippen LogP contribution in [0.25, 0.3) is 11.0 Å². The molecular weight excluding hydrogens is 399 g/mol. The molecule has 0 aliphatic heterocycles. The van der Waals surface area contributed by atoms with Crippen LogP contribution in [0.2, 0.25) is 0 Å². The fourth-order valence-corrected chi connectivity index (χ4v) is 3.70. The van der Waals surface area contributed by atoms with Crippen molar-refractivity contribution < 1.29 is 9.18 Å². The van der Waals surface area contributed by atoms with Crippen molar-refractivity contribution >= 4 is 29.0 Å². The minimum absolute atomic E-state index is 0.204. The Labute approximate surface area is 178 Å². The average Bonchev–Trinajstić information content (AvgIpc) is 3.20. The number of carbonyl (C=O) groups excluding carboxylic acids is 1. The molecule has 0 atom stereocenters. The Balaban J connectivity index is 1.43. The number of nitrogens with one attached hydrogen (secondary N) is 2. The number of imidazole rings is 1. The predicted molar refractivity (Wildman–Crippen MR) is 117 cm³/mol. The van der Waals surface area contributed by atoms with E-state index in [9.17, 15) is 9.18 Å². The Morgan fingerprint density at radius 1 is 1.00 bits per heavy atom. The number of hydrogen-bond donors (Lipinski definition) is 2. The summed E-state index contributed by atoms with van der Waals surface area (Å²) in [5.74, 6) is 0.537. The molecule has 7 heteroatoms. The first-order valence-corrected chi connectivity index (χ1v) is 10.4. The lowest BCUT2D eigenvalue weighted by atomic mass is 10.2. The van der Waals surface area contributed by atoms with Gasteiger partial charge in [-0.25, -0.2) is 14.2 Å². The third kappa shape index (κ3) is 5.18. The minimum Gasteiger partial charge on any atom is -0.342 e. The summed E-state index contributed by atoms with van der Waals surface area (Å²) >= 11 is 1.17. The summed E-state index contributed by atoms with van der Waals surface area (Å²) in [4.78, 5) is 23.3. The number of aromatic amines is 1. The molecule has 30 heavy (non-hydrogen) atoms. The maximum atomic E-state index is 13.1. The highest BCUT2D eigenvalue weighted by molar-refractivity contribution is 7.98. The third-order valence-electron chi connectivity index (χ3n) is 4.63. The first-order valence-electron chi connectivity index (χ1n) is 9.62. The largest absolute Gasteiger partial charge is 0.342 e. The predicted octanol–water partition coefficient (Wildman–Crippen LogP) is 5.16. The van der Waals surface area contributed by atoms with E-state index in [4.69, 9.17) is 0 Å². The fraction of sp³-hybridized carbons (Fsp3) is 0.130. The van der Waals surface area contributed by atoms with Crippen LogP contribution in [0.4, 0.5) is 9.18 Å². The Morgan fingerprint density at radius 3 is 2.50 bits per heavy atom. The van der Waals surface area contributed by atoms with Gasteiger partial charge in [-0.2, -0.15) is 0 Å². The fourth-order valence-electron chi connectivity index (χ4n) is 3.09. The summed E-state index contributed by atoms with van der Waals surface area (Å²) in [5.41, 5.74) is 2.95. The second-order valence-electron chi connectivity index (χ2n) is 6.82. The van der Waals surface area contributed by atoms with Gasteiger partial charge >= 0.3 is 6.03 Å². The van der Waals surface area contributed by atoms with Crippen LogP contribution >= 0.6 is 11.9 Å². The quantitative estimate of drug-likeness (QED) is 0.406. The number of carbonyl (C=O) groups is 1. The Morgan fingerprint density at radius 2 is 1.73 bits per heavy atom. The minimum atomic E-state index is -0.304. The first kappa shape index (κ1) is 20.0. The number of H-pyrrole nitrogens is 1. The highest BCUT2D eigenvalue weighted by atomic mass is 32.2. The van der Waals surface area contributed by atoms with Gasteiger partial charge in [0, 0.05) is 24.4 Å². The van der Waals surface area contributed by atoms with Crippen LogP contribution < -0.4 is 4.72 Å². The van der Waals surface area contributed by atoms with Gasteiger partial charge in [-0.15, -0.1) is 0 Å². The van der Waals surface area contributed by atoms with Gasteiger partial charge in [-0.1, -0.05) is 42.5 Å². The highest BCUT2D eigenvalue weighted by Gasteiger charge is 2.15. The maximum absolute atomic E-state index is 13.1. The summed E-state index contributed by atoms with van der Waals surface area (Å²) in [6.07, 6.45) is 0.607. The lowest BCUT2D eigenvalue weighted by Gasteiger charge is -2.22. The van der Waals surface area contributed by atoms with E-state index in [1.807, 2.05) is 54.6 Å². The van der Waals surface area contributed by atoms with Crippen LogP contribution in [-0.4, -0.2) is 27.4 Å². The van der Waals surface area contributed by atoms with Gasteiger partial charge in [0.15, 0.2) is 0 Å². The molecule has 0 bridgehead atoms. The van der Waals surface area contributed by atoms with Gasteiger partial charge in [-0.3, -0.25) is 4.72 Å². The van der Waals surface area contributed by atoms with E-state index in [1.54, 1.807) is 17.0 Å². The number of amides is 2.